The summed E-state index contributed by atoms with van der Waals surface area (Å²) in [6.07, 6.45) is 3.68. The number of unbranched alkanes of at least 4 members (excludes halogenated alkanes) is 1. The summed E-state index contributed by atoms with van der Waals surface area (Å²) in [6, 6.07) is 0. The normalized spacial score (nSPS) is 14.1. The van der Waals surface area contributed by atoms with E-state index in [0.29, 0.717) is 18.5 Å². The van der Waals surface area contributed by atoms with E-state index in [-0.39, 0.29) is 0 Å². The highest BCUT2D eigenvalue weighted by atomic mass is 32.9. The molecule has 0 aromatic heterocycles. The van der Waals surface area contributed by atoms with Crippen molar-refractivity contribution in [1.29, 1.82) is 0 Å². The molecule has 0 aliphatic heterocycles. The van der Waals surface area contributed by atoms with Crippen molar-refractivity contribution in [3.63, 3.8) is 0 Å². The van der Waals surface area contributed by atoms with Gasteiger partial charge in [0.05, 0.1) is 13.2 Å². The van der Waals surface area contributed by atoms with Crippen LogP contribution < -0.4 is 0 Å². The molecule has 0 aliphatic carbocycles. The second kappa shape index (κ2) is 9.00. The van der Waals surface area contributed by atoms with Gasteiger partial charge in [-0.3, -0.25) is 0 Å². The zero-order valence-electron chi connectivity index (χ0n) is 10.2. The van der Waals surface area contributed by atoms with E-state index < -0.39 is 5.69 Å². The van der Waals surface area contributed by atoms with Crippen LogP contribution in [0.5, 0.6) is 0 Å². The molecule has 1 atom stereocenters. The Morgan fingerprint density at radius 3 is 2.13 bits per heavy atom. The molecular formula is C10H23O2PS2. The van der Waals surface area contributed by atoms with Gasteiger partial charge in [0, 0.05) is 5.25 Å². The van der Waals surface area contributed by atoms with Crippen LogP contribution in [0.4, 0.5) is 0 Å². The maximum Gasteiger partial charge on any atom is 0.247 e. The molecule has 0 amide bonds. The average Bonchev–Trinajstić information content (AvgIpc) is 2.15. The summed E-state index contributed by atoms with van der Waals surface area (Å²) in [5.41, 5.74) is -2.07. The number of rotatable bonds is 9. The van der Waals surface area contributed by atoms with Crippen LogP contribution in [0, 0.1) is 0 Å². The van der Waals surface area contributed by atoms with Gasteiger partial charge in [0.15, 0.2) is 0 Å². The Hall–Kier alpha value is 0.920. The first-order chi connectivity index (χ1) is 7.08. The Morgan fingerprint density at radius 2 is 1.73 bits per heavy atom. The molecule has 5 heteroatoms. The minimum absolute atomic E-state index is 0.536. The van der Waals surface area contributed by atoms with Crippen LogP contribution in [0.15, 0.2) is 0 Å². The zero-order valence-corrected chi connectivity index (χ0v) is 12.7. The number of hydrogen-bond acceptors (Lipinski definition) is 4. The van der Waals surface area contributed by atoms with Gasteiger partial charge in [0.1, 0.15) is 0 Å². The molecule has 15 heavy (non-hydrogen) atoms. The molecule has 0 rings (SSSR count). The van der Waals surface area contributed by atoms with Gasteiger partial charge in [-0.25, -0.2) is 0 Å². The highest BCUT2D eigenvalue weighted by Crippen LogP contribution is 2.63. The van der Waals surface area contributed by atoms with Crippen LogP contribution in [-0.2, 0) is 20.9 Å². The highest BCUT2D eigenvalue weighted by molar-refractivity contribution is 8.68. The van der Waals surface area contributed by atoms with Crippen molar-refractivity contribution in [3.05, 3.63) is 0 Å². The smallest absolute Gasteiger partial charge is 0.247 e. The first-order valence-electron chi connectivity index (χ1n) is 5.65. The average molecular weight is 270 g/mol. The summed E-state index contributed by atoms with van der Waals surface area (Å²) in [7, 11) is 0. The van der Waals surface area contributed by atoms with E-state index >= 15 is 0 Å². The largest absolute Gasteiger partial charge is 0.322 e. The Kier molecular flexibility index (Phi) is 9.55. The lowest BCUT2D eigenvalue weighted by Gasteiger charge is -2.23. The summed E-state index contributed by atoms with van der Waals surface area (Å²) in [5, 5.41) is 0.536. The Bertz CT molecular complexity index is 190. The third-order valence-electron chi connectivity index (χ3n) is 1.85. The molecule has 0 radical (unpaired) electrons. The Labute approximate surface area is 103 Å². The SMILES string of the molecule is CCCCC(C)SP(=S)(OCC)OCC. The third kappa shape index (κ3) is 7.76. The van der Waals surface area contributed by atoms with E-state index in [4.69, 9.17) is 20.9 Å². The van der Waals surface area contributed by atoms with E-state index in [1.807, 2.05) is 13.8 Å². The van der Waals surface area contributed by atoms with Crippen molar-refractivity contribution in [1.82, 2.24) is 0 Å². The molecule has 0 spiro atoms. The van der Waals surface area contributed by atoms with E-state index in [1.54, 1.807) is 11.4 Å². The summed E-state index contributed by atoms with van der Waals surface area (Å²) in [5.74, 6) is 0. The topological polar surface area (TPSA) is 18.5 Å². The monoisotopic (exact) mass is 270 g/mol. The van der Waals surface area contributed by atoms with Crippen molar-refractivity contribution in [2.24, 2.45) is 0 Å². The van der Waals surface area contributed by atoms with Crippen molar-refractivity contribution in [2.75, 3.05) is 13.2 Å². The molecule has 2 nitrogen and oxygen atoms in total. The molecule has 92 valence electrons. The fraction of sp³-hybridized carbons (Fsp3) is 1.00. The minimum atomic E-state index is -2.07. The van der Waals surface area contributed by atoms with E-state index in [1.165, 1.54) is 19.3 Å². The van der Waals surface area contributed by atoms with Gasteiger partial charge in [0.2, 0.25) is 5.69 Å². The maximum atomic E-state index is 5.59. The van der Waals surface area contributed by atoms with E-state index in [2.05, 4.69) is 13.8 Å². The predicted octanol–water partition coefficient (Wildman–Crippen LogP) is 4.60. The lowest BCUT2D eigenvalue weighted by atomic mass is 10.2. The molecule has 1 unspecified atom stereocenters. The molecular weight excluding hydrogens is 247 g/mol. The van der Waals surface area contributed by atoms with Gasteiger partial charge >= 0.3 is 0 Å². The van der Waals surface area contributed by atoms with Gasteiger partial charge < -0.3 is 9.05 Å². The van der Waals surface area contributed by atoms with Crippen LogP contribution in [0.2, 0.25) is 0 Å². The summed E-state index contributed by atoms with van der Waals surface area (Å²) in [6.45, 7) is 9.64. The van der Waals surface area contributed by atoms with Gasteiger partial charge in [0.25, 0.3) is 0 Å². The van der Waals surface area contributed by atoms with Crippen LogP contribution in [-0.4, -0.2) is 18.5 Å². The first kappa shape index (κ1) is 15.9. The summed E-state index contributed by atoms with van der Waals surface area (Å²) < 4.78 is 11.2. The first-order valence-corrected chi connectivity index (χ1v) is 9.77. The second-order valence-electron chi connectivity index (χ2n) is 3.34. The molecule has 0 heterocycles. The molecule has 0 fully saturated rings. The third-order valence-corrected chi connectivity index (χ3v) is 7.74. The summed E-state index contributed by atoms with van der Waals surface area (Å²) >= 11 is 7.17. The minimum Gasteiger partial charge on any atom is -0.322 e. The molecule has 0 saturated carbocycles. The van der Waals surface area contributed by atoms with E-state index in [0.717, 1.165) is 0 Å². The fourth-order valence-corrected chi connectivity index (χ4v) is 7.31. The quantitative estimate of drug-likeness (QED) is 0.570. The summed E-state index contributed by atoms with van der Waals surface area (Å²) in [4.78, 5) is 0. The Balaban J connectivity index is 4.08. The van der Waals surface area contributed by atoms with Crippen LogP contribution in [0.25, 0.3) is 0 Å². The zero-order chi connectivity index (χ0) is 11.7. The van der Waals surface area contributed by atoms with Crippen molar-refractivity contribution >= 4 is 28.9 Å². The highest BCUT2D eigenvalue weighted by Gasteiger charge is 2.22. The molecule has 0 saturated heterocycles. The lowest BCUT2D eigenvalue weighted by molar-refractivity contribution is 0.280. The van der Waals surface area contributed by atoms with Crippen molar-refractivity contribution in [2.45, 2.75) is 52.2 Å². The second-order valence-corrected chi connectivity index (χ2v) is 9.98. The molecule has 0 N–H and O–H groups in total. The molecule has 0 bridgehead atoms. The molecule has 0 aromatic carbocycles. The van der Waals surface area contributed by atoms with Crippen LogP contribution in [0.3, 0.4) is 0 Å². The Morgan fingerprint density at radius 1 is 1.20 bits per heavy atom. The lowest BCUT2D eigenvalue weighted by Crippen LogP contribution is -1.99. The molecule has 0 aromatic rings. The van der Waals surface area contributed by atoms with Crippen molar-refractivity contribution < 1.29 is 9.05 Å². The van der Waals surface area contributed by atoms with Crippen LogP contribution in [0.1, 0.15) is 47.0 Å². The number of hydrogen-bond donors (Lipinski definition) is 0. The van der Waals surface area contributed by atoms with Crippen LogP contribution >= 0.6 is 17.1 Å². The molecule has 0 aliphatic rings. The predicted molar refractivity (Wildman–Crippen MR) is 74.1 cm³/mol. The van der Waals surface area contributed by atoms with Crippen molar-refractivity contribution in [3.8, 4) is 0 Å². The standard InChI is InChI=1S/C10H23O2PS2/c1-5-8-9-10(4)15-13(14,11-6-2)12-7-3/h10H,5-9H2,1-4H3. The van der Waals surface area contributed by atoms with Gasteiger partial charge in [-0.05, 0) is 32.1 Å². The van der Waals surface area contributed by atoms with Gasteiger partial charge in [-0.2, -0.15) is 0 Å². The van der Waals surface area contributed by atoms with Gasteiger partial charge in [-0.1, -0.05) is 38.1 Å². The fourth-order valence-electron chi connectivity index (χ4n) is 1.18. The van der Waals surface area contributed by atoms with E-state index in [9.17, 15) is 0 Å². The maximum absolute atomic E-state index is 5.59. The van der Waals surface area contributed by atoms with Gasteiger partial charge in [-0.15, -0.1) is 0 Å².